The van der Waals surface area contributed by atoms with Crippen molar-refractivity contribution in [2.24, 2.45) is 0 Å². The molecule has 66 heavy (non-hydrogen) atoms. The maximum atomic E-state index is 15.3. The maximum absolute atomic E-state index is 15.3. The Hall–Kier alpha value is -7.57. The number of nitriles is 1. The molecule has 0 fully saturated rings. The molecule has 0 saturated heterocycles. The topological polar surface area (TPSA) is 33.6 Å². The third kappa shape index (κ3) is 6.82. The Morgan fingerprint density at radius 2 is 0.879 bits per heavy atom. The number of aryl methyl sites for hydroxylation is 6. The van der Waals surface area contributed by atoms with Gasteiger partial charge in [-0.25, -0.2) is 0 Å². The number of fused-ring (bicyclic) bond motifs is 6. The summed E-state index contributed by atoms with van der Waals surface area (Å²) in [4.78, 5) is 0. The van der Waals surface area contributed by atoms with Crippen LogP contribution >= 0.6 is 0 Å². The second kappa shape index (κ2) is 15.3. The van der Waals surface area contributed by atoms with Crippen LogP contribution in [0.1, 0.15) is 50.1 Å². The van der Waals surface area contributed by atoms with Crippen LogP contribution in [-0.4, -0.2) is 9.13 Å². The number of hydrogen-bond acceptors (Lipinski definition) is 1. The Morgan fingerprint density at radius 3 is 1.33 bits per heavy atom. The second-order valence-corrected chi connectivity index (χ2v) is 17.5. The highest BCUT2D eigenvalue weighted by atomic mass is 19.4. The van der Waals surface area contributed by atoms with Gasteiger partial charge in [-0.2, -0.15) is 31.6 Å². The number of alkyl halides is 6. The summed E-state index contributed by atoms with van der Waals surface area (Å²) in [7, 11) is 0. The zero-order valence-electron chi connectivity index (χ0n) is 36.9. The van der Waals surface area contributed by atoms with E-state index in [0.717, 1.165) is 83.2 Å². The lowest BCUT2D eigenvalue weighted by Crippen LogP contribution is -2.13. The molecule has 0 unspecified atom stereocenters. The number of hydrogen-bond donors (Lipinski definition) is 0. The van der Waals surface area contributed by atoms with Gasteiger partial charge in [-0.3, -0.25) is 0 Å². The fourth-order valence-corrected chi connectivity index (χ4v) is 10.5. The SMILES string of the molecule is Cc1cc(C)c(-c2ccc3c(c2)c2ccccc2n3-c2cc(-c3ccc(C(F)(F)F)cc3C(F)(F)F)c(-n3c4ccccc4c4cc(-c5c(C)cc(C)cc5C)ccc43)cc2C#N)c(C)c1. The summed E-state index contributed by atoms with van der Waals surface area (Å²) < 4.78 is 92.3. The second-order valence-electron chi connectivity index (χ2n) is 17.5. The molecule has 326 valence electrons. The molecule has 0 spiro atoms. The Morgan fingerprint density at radius 1 is 0.424 bits per heavy atom. The predicted molar refractivity (Wildman–Crippen MR) is 255 cm³/mol. The number of para-hydroxylation sites is 2. The summed E-state index contributed by atoms with van der Waals surface area (Å²) in [5, 5.41) is 14.5. The average molecular weight is 882 g/mol. The Bertz CT molecular complexity index is 3660. The Balaban J connectivity index is 1.31. The molecule has 0 amide bonds. The molecule has 2 heterocycles. The van der Waals surface area contributed by atoms with Gasteiger partial charge < -0.3 is 9.13 Å². The molecule has 10 aromatic rings. The highest BCUT2D eigenvalue weighted by molar-refractivity contribution is 6.13. The molecular formula is C57H41F6N3. The smallest absolute Gasteiger partial charge is 0.309 e. The van der Waals surface area contributed by atoms with Crippen LogP contribution < -0.4 is 0 Å². The lowest BCUT2D eigenvalue weighted by Gasteiger charge is -2.22. The Labute approximate surface area is 377 Å². The van der Waals surface area contributed by atoms with Crippen molar-refractivity contribution in [1.29, 1.82) is 5.26 Å². The molecular weight excluding hydrogens is 841 g/mol. The highest BCUT2D eigenvalue weighted by Crippen LogP contribution is 2.47. The molecule has 0 N–H and O–H groups in total. The molecule has 2 aromatic heterocycles. The maximum Gasteiger partial charge on any atom is 0.417 e. The van der Waals surface area contributed by atoms with Crippen LogP contribution in [0.4, 0.5) is 26.3 Å². The predicted octanol–water partition coefficient (Wildman–Crippen LogP) is 16.6. The fourth-order valence-electron chi connectivity index (χ4n) is 10.5. The largest absolute Gasteiger partial charge is 0.417 e. The minimum atomic E-state index is -5.18. The van der Waals surface area contributed by atoms with Crippen LogP contribution in [0.15, 0.2) is 140 Å². The zero-order chi connectivity index (χ0) is 46.6. The minimum Gasteiger partial charge on any atom is -0.309 e. The van der Waals surface area contributed by atoms with Gasteiger partial charge >= 0.3 is 12.4 Å². The summed E-state index contributed by atoms with van der Waals surface area (Å²) in [5.74, 6) is 0. The number of rotatable bonds is 5. The third-order valence-corrected chi connectivity index (χ3v) is 12.9. The van der Waals surface area contributed by atoms with Crippen molar-refractivity contribution in [2.45, 2.75) is 53.9 Å². The van der Waals surface area contributed by atoms with Gasteiger partial charge in [0.1, 0.15) is 6.07 Å². The number of halogens is 6. The quantitative estimate of drug-likeness (QED) is 0.159. The standard InChI is InChI=1S/C57H41F6N3/c1-31-21-33(3)54(34(4)22-31)37-15-19-50-44(25-37)42-11-7-9-13-48(42)65(50)52-29-46(41-18-17-40(56(58,59)60)28-47(41)57(61,62)63)53(27-39(52)30-64)66-49-14-10-8-12-43(49)45-26-38(16-20-51(45)66)55-35(5)23-32(2)24-36(55)6/h7-29H,1-6H3. The molecule has 0 saturated carbocycles. The lowest BCUT2D eigenvalue weighted by molar-refractivity contribution is -0.142. The molecule has 0 atom stereocenters. The van der Waals surface area contributed by atoms with E-state index >= 15 is 13.2 Å². The van der Waals surface area contributed by atoms with E-state index in [4.69, 9.17) is 0 Å². The van der Waals surface area contributed by atoms with Crippen LogP contribution in [0, 0.1) is 52.9 Å². The van der Waals surface area contributed by atoms with Gasteiger partial charge in [0.05, 0.1) is 50.1 Å². The van der Waals surface area contributed by atoms with Crippen molar-refractivity contribution in [3.63, 3.8) is 0 Å². The van der Waals surface area contributed by atoms with Crippen LogP contribution in [0.3, 0.4) is 0 Å². The van der Waals surface area contributed by atoms with E-state index in [-0.39, 0.29) is 28.6 Å². The molecule has 0 aliphatic rings. The van der Waals surface area contributed by atoms with Crippen LogP contribution in [0.25, 0.3) is 88.4 Å². The van der Waals surface area contributed by atoms with Gasteiger partial charge in [-0.05, 0) is 152 Å². The van der Waals surface area contributed by atoms with E-state index in [1.165, 1.54) is 6.07 Å². The normalized spacial score (nSPS) is 12.2. The van der Waals surface area contributed by atoms with Crippen molar-refractivity contribution in [2.75, 3.05) is 0 Å². The third-order valence-electron chi connectivity index (χ3n) is 12.9. The molecule has 0 radical (unpaired) electrons. The van der Waals surface area contributed by atoms with Gasteiger partial charge in [0.25, 0.3) is 0 Å². The fraction of sp³-hybridized carbons (Fsp3) is 0.140. The zero-order valence-corrected chi connectivity index (χ0v) is 36.9. The highest BCUT2D eigenvalue weighted by Gasteiger charge is 2.39. The summed E-state index contributed by atoms with van der Waals surface area (Å²) in [6, 6.07) is 43.0. The average Bonchev–Trinajstić information content (AvgIpc) is 3.76. The van der Waals surface area contributed by atoms with E-state index in [1.807, 2.05) is 88.9 Å². The number of nitrogens with zero attached hydrogens (tertiary/aromatic N) is 3. The minimum absolute atomic E-state index is 0.00420. The first-order valence-electron chi connectivity index (χ1n) is 21.5. The van der Waals surface area contributed by atoms with Gasteiger partial charge in [0, 0.05) is 27.1 Å². The van der Waals surface area contributed by atoms with Crippen molar-refractivity contribution in [3.05, 3.63) is 190 Å². The molecule has 0 aliphatic heterocycles. The van der Waals surface area contributed by atoms with Gasteiger partial charge in [0.2, 0.25) is 0 Å². The van der Waals surface area contributed by atoms with Crippen LogP contribution in [0.2, 0.25) is 0 Å². The Kier molecular flexibility index (Phi) is 9.81. The summed E-state index contributed by atoms with van der Waals surface area (Å²) in [6.07, 6.45) is -10.2. The van der Waals surface area contributed by atoms with E-state index in [9.17, 15) is 18.4 Å². The van der Waals surface area contributed by atoms with Crippen LogP contribution in [0.5, 0.6) is 0 Å². The number of aromatic nitrogens is 2. The van der Waals surface area contributed by atoms with E-state index in [2.05, 4.69) is 77.1 Å². The molecule has 9 heteroatoms. The van der Waals surface area contributed by atoms with E-state index < -0.39 is 29.0 Å². The summed E-state index contributed by atoms with van der Waals surface area (Å²) >= 11 is 0. The first-order chi connectivity index (χ1) is 31.4. The first-order valence-corrected chi connectivity index (χ1v) is 21.5. The van der Waals surface area contributed by atoms with Crippen molar-refractivity contribution in [1.82, 2.24) is 9.13 Å². The van der Waals surface area contributed by atoms with E-state index in [1.54, 1.807) is 6.07 Å². The lowest BCUT2D eigenvalue weighted by atomic mass is 9.92. The summed E-state index contributed by atoms with van der Waals surface area (Å²) in [5.41, 5.74) is 10.8. The molecule has 8 aromatic carbocycles. The van der Waals surface area contributed by atoms with Gasteiger partial charge in [0.15, 0.2) is 0 Å². The van der Waals surface area contributed by atoms with Crippen LogP contribution in [-0.2, 0) is 12.4 Å². The van der Waals surface area contributed by atoms with Gasteiger partial charge in [-0.1, -0.05) is 90.0 Å². The van der Waals surface area contributed by atoms with Gasteiger partial charge in [-0.15, -0.1) is 0 Å². The molecule has 0 bridgehead atoms. The molecule has 0 aliphatic carbocycles. The monoisotopic (exact) mass is 881 g/mol. The van der Waals surface area contributed by atoms with Crippen molar-refractivity contribution in [3.8, 4) is 50.8 Å². The van der Waals surface area contributed by atoms with Crippen molar-refractivity contribution < 1.29 is 26.3 Å². The first kappa shape index (κ1) is 42.4. The van der Waals surface area contributed by atoms with E-state index in [0.29, 0.717) is 28.1 Å². The molecule has 3 nitrogen and oxygen atoms in total. The summed E-state index contributed by atoms with van der Waals surface area (Å²) in [6.45, 7) is 12.4. The molecule has 10 rings (SSSR count). The van der Waals surface area contributed by atoms with Crippen molar-refractivity contribution >= 4 is 43.6 Å². The number of benzene rings is 8.